The minimum atomic E-state index is -1.32. The van der Waals surface area contributed by atoms with Gasteiger partial charge >= 0.3 is 0 Å². The number of para-hydroxylation sites is 2. The highest BCUT2D eigenvalue weighted by Gasteiger charge is 2.37. The number of thiophene rings is 1. The molecule has 1 unspecified atom stereocenters. The maximum Gasteiger partial charge on any atom is 0.272 e. The Morgan fingerprint density at radius 1 is 0.699 bits per heavy atom. The highest BCUT2D eigenvalue weighted by Crippen LogP contribution is 2.43. The second-order valence-electron chi connectivity index (χ2n) is 19.7. The fourth-order valence-corrected chi connectivity index (χ4v) is 10.6. The molecule has 1 saturated heterocycles. The number of fused-ring (bicyclic) bond motifs is 1. The minimum Gasteiger partial charge on any atom is -0.454 e. The second kappa shape index (κ2) is 34.3. The van der Waals surface area contributed by atoms with Crippen molar-refractivity contribution in [2.75, 3.05) is 135 Å². The zero-order valence-electron chi connectivity index (χ0n) is 46.4. The number of nitrogens with one attached hydrogen (secondary N) is 2. The van der Waals surface area contributed by atoms with Gasteiger partial charge in [-0.25, -0.2) is 13.2 Å². The Balaban J connectivity index is 0.0000111. The van der Waals surface area contributed by atoms with Crippen molar-refractivity contribution in [2.24, 2.45) is 5.73 Å². The number of carbonyl (C=O) groups excluding carboxylic acids is 5. The van der Waals surface area contributed by atoms with Crippen molar-refractivity contribution in [3.63, 3.8) is 0 Å². The van der Waals surface area contributed by atoms with E-state index in [0.29, 0.717) is 149 Å². The molecule has 4 aromatic rings. The van der Waals surface area contributed by atoms with Crippen LogP contribution in [-0.4, -0.2) is 183 Å². The van der Waals surface area contributed by atoms with Gasteiger partial charge in [0.2, 0.25) is 23.6 Å². The lowest BCUT2D eigenvalue weighted by atomic mass is 10.0. The van der Waals surface area contributed by atoms with E-state index in [1.54, 1.807) is 25.1 Å². The normalized spacial score (nSPS) is 15.6. The first kappa shape index (κ1) is 66.5. The van der Waals surface area contributed by atoms with E-state index in [4.69, 9.17) is 62.1 Å². The van der Waals surface area contributed by atoms with Crippen molar-refractivity contribution in [2.45, 2.75) is 70.0 Å². The molecule has 26 heteroatoms. The molecular weight excluding hydrogens is 1150 g/mol. The van der Waals surface area contributed by atoms with Gasteiger partial charge < -0.3 is 69.1 Å². The van der Waals surface area contributed by atoms with Gasteiger partial charge in [-0.2, -0.15) is 0 Å². The Bertz CT molecular complexity index is 2770. The van der Waals surface area contributed by atoms with Crippen LogP contribution in [0.3, 0.4) is 0 Å². The minimum absolute atomic E-state index is 0. The lowest BCUT2D eigenvalue weighted by Gasteiger charge is -2.37. The SMILES string of the molecule is CC1C(=O)N(CC(=O)NCCOCCOCCOCCOCCOCCOCCNC(=O)CCc2cc(Cl)c(Oc3ccsc3C(=O)N3CCN(C4CC4)c4ccccc43)cc2Cl)CCCN1C(=O)C[C@H](N)Cc1cc(F)c(F)cc1F.F. The Labute approximate surface area is 494 Å². The summed E-state index contributed by atoms with van der Waals surface area (Å²) in [5.74, 6) is -4.33. The number of anilines is 2. The van der Waals surface area contributed by atoms with Crippen LogP contribution < -0.4 is 30.9 Å². The molecule has 0 spiro atoms. The van der Waals surface area contributed by atoms with E-state index in [0.717, 1.165) is 17.9 Å². The predicted octanol–water partition coefficient (Wildman–Crippen LogP) is 6.72. The average Bonchev–Trinajstić information content (AvgIpc) is 3.65. The molecule has 3 heterocycles. The number of rotatable bonds is 34. The summed E-state index contributed by atoms with van der Waals surface area (Å²) in [6, 6.07) is 13.0. The molecule has 19 nitrogen and oxygen atoms in total. The predicted molar refractivity (Wildman–Crippen MR) is 306 cm³/mol. The molecule has 4 N–H and O–H groups in total. The lowest BCUT2D eigenvalue weighted by molar-refractivity contribution is -0.144. The van der Waals surface area contributed by atoms with E-state index in [2.05, 4.69) is 21.6 Å². The van der Waals surface area contributed by atoms with E-state index < -0.39 is 41.3 Å². The fourth-order valence-electron chi connectivity index (χ4n) is 9.31. The Kier molecular flexibility index (Phi) is 27.5. The number of hydrogen-bond acceptors (Lipinski definition) is 15. The van der Waals surface area contributed by atoms with Crippen molar-refractivity contribution in [1.82, 2.24) is 20.4 Å². The zero-order chi connectivity index (χ0) is 58.4. The van der Waals surface area contributed by atoms with Crippen LogP contribution in [0.2, 0.25) is 10.0 Å². The second-order valence-corrected chi connectivity index (χ2v) is 21.5. The van der Waals surface area contributed by atoms with Gasteiger partial charge in [0, 0.05) is 81.3 Å². The maximum absolute atomic E-state index is 14.1. The number of carbonyl (C=O) groups is 5. The molecule has 1 aliphatic carbocycles. The van der Waals surface area contributed by atoms with Crippen molar-refractivity contribution < 1.29 is 75.0 Å². The van der Waals surface area contributed by atoms with E-state index in [9.17, 15) is 37.1 Å². The Morgan fingerprint density at radius 2 is 1.29 bits per heavy atom. The van der Waals surface area contributed by atoms with Gasteiger partial charge in [-0.1, -0.05) is 35.3 Å². The molecule has 456 valence electrons. The van der Waals surface area contributed by atoms with Crippen LogP contribution >= 0.6 is 34.5 Å². The maximum atomic E-state index is 14.1. The third-order valence-corrected chi connectivity index (χ3v) is 15.2. The molecule has 2 fully saturated rings. The molecule has 0 radical (unpaired) electrons. The number of benzene rings is 3. The molecule has 2 aliphatic heterocycles. The molecule has 3 aromatic carbocycles. The van der Waals surface area contributed by atoms with Crippen LogP contribution in [0.4, 0.5) is 29.3 Å². The first-order valence-corrected chi connectivity index (χ1v) is 29.2. The number of halogens is 6. The monoisotopic (exact) mass is 1230 g/mol. The number of aryl methyl sites for hydroxylation is 1. The van der Waals surface area contributed by atoms with Crippen molar-refractivity contribution in [3.8, 4) is 11.5 Å². The fraction of sp³-hybridized carbons (Fsp3) is 0.526. The van der Waals surface area contributed by atoms with Crippen LogP contribution in [0.15, 0.2) is 60.0 Å². The van der Waals surface area contributed by atoms with Crippen LogP contribution in [0, 0.1) is 17.5 Å². The zero-order valence-corrected chi connectivity index (χ0v) is 48.7. The van der Waals surface area contributed by atoms with Gasteiger partial charge in [0.1, 0.15) is 22.5 Å². The summed E-state index contributed by atoms with van der Waals surface area (Å²) in [6.45, 7) is 7.90. The first-order valence-electron chi connectivity index (χ1n) is 27.6. The highest BCUT2D eigenvalue weighted by atomic mass is 35.5. The standard InChI is InChI=1S/C57H72Cl2F3N7O12S.FH/c1-38-56(73)66(14-4-15-67(38)54(72)34-41(63)31-40-33-46(61)47(62)36-45(40)60)37-53(71)65-13-19-76-21-23-78-25-27-80-29-28-79-26-24-77-22-20-75-18-12-64-52(70)10-7-39-32-44(59)51(35-43(39)58)81-50-11-30-82-55(50)57(74)69-17-16-68(42-8-9-42)48-5-2-3-6-49(48)69;/h2-3,5-6,11,30,32-33,35-36,38,41-42H,4,7-10,12-29,31,34,37,63H2,1H3,(H,64,70)(H,65,71);1H/t38?,41-;/m1./s1. The third-order valence-electron chi connectivity index (χ3n) is 13.7. The summed E-state index contributed by atoms with van der Waals surface area (Å²) in [7, 11) is 0. The smallest absolute Gasteiger partial charge is 0.272 e. The number of amides is 5. The molecule has 1 aromatic heterocycles. The lowest BCUT2D eigenvalue weighted by Crippen LogP contribution is -2.50. The van der Waals surface area contributed by atoms with Crippen molar-refractivity contribution >= 4 is 75.4 Å². The van der Waals surface area contributed by atoms with Crippen LogP contribution in [-0.2, 0) is 60.4 Å². The van der Waals surface area contributed by atoms with E-state index in [-0.39, 0.29) is 80.0 Å². The number of nitrogens with zero attached hydrogens (tertiary/aromatic N) is 4. The molecule has 7 rings (SSSR count). The molecule has 5 amide bonds. The van der Waals surface area contributed by atoms with Crippen LogP contribution in [0.5, 0.6) is 11.5 Å². The summed E-state index contributed by atoms with van der Waals surface area (Å²) in [4.78, 5) is 72.8. The molecule has 1 saturated carbocycles. The van der Waals surface area contributed by atoms with Gasteiger partial charge in [0.05, 0.1) is 102 Å². The van der Waals surface area contributed by atoms with Gasteiger partial charge in [0.25, 0.3) is 5.91 Å². The quantitative estimate of drug-likeness (QED) is 0.0252. The van der Waals surface area contributed by atoms with Crippen molar-refractivity contribution in [3.05, 3.63) is 103 Å². The molecular formula is C57H73Cl2F4N7O12S. The molecule has 3 aliphatic rings. The summed E-state index contributed by atoms with van der Waals surface area (Å²) >= 11 is 14.6. The Hall–Kier alpha value is -5.67. The molecule has 83 heavy (non-hydrogen) atoms. The van der Waals surface area contributed by atoms with Crippen LogP contribution in [0.1, 0.15) is 59.8 Å². The van der Waals surface area contributed by atoms with E-state index >= 15 is 0 Å². The van der Waals surface area contributed by atoms with Crippen molar-refractivity contribution in [1.29, 1.82) is 0 Å². The van der Waals surface area contributed by atoms with Gasteiger partial charge in [0.15, 0.2) is 17.4 Å². The largest absolute Gasteiger partial charge is 0.454 e. The van der Waals surface area contributed by atoms with Gasteiger partial charge in [-0.05, 0) is 85.9 Å². The van der Waals surface area contributed by atoms with E-state index in [1.807, 2.05) is 28.5 Å². The third kappa shape index (κ3) is 20.5. The van der Waals surface area contributed by atoms with Crippen LogP contribution in [0.25, 0.3) is 0 Å². The Morgan fingerprint density at radius 3 is 1.92 bits per heavy atom. The highest BCUT2D eigenvalue weighted by molar-refractivity contribution is 7.12. The van der Waals surface area contributed by atoms with Gasteiger partial charge in [-0.3, -0.25) is 28.7 Å². The van der Waals surface area contributed by atoms with Gasteiger partial charge in [-0.15, -0.1) is 11.3 Å². The van der Waals surface area contributed by atoms with E-state index in [1.165, 1.54) is 34.0 Å². The molecule has 0 bridgehead atoms. The number of hydrogen-bond donors (Lipinski definition) is 3. The first-order chi connectivity index (χ1) is 39.7. The topological polar surface area (TPSA) is 213 Å². The summed E-state index contributed by atoms with van der Waals surface area (Å²) in [5.41, 5.74) is 8.55. The summed E-state index contributed by atoms with van der Waals surface area (Å²) in [5, 5.41) is 8.08. The number of ether oxygens (including phenoxy) is 7. The summed E-state index contributed by atoms with van der Waals surface area (Å²) in [6.07, 6.45) is 2.86. The number of nitrogens with two attached hydrogens (primary N) is 1. The summed E-state index contributed by atoms with van der Waals surface area (Å²) < 4.78 is 80.4. The average molecular weight is 1230 g/mol. The molecule has 2 atom stereocenters.